The molecule has 0 unspecified atom stereocenters. The second-order valence-electron chi connectivity index (χ2n) is 5.76. The highest BCUT2D eigenvalue weighted by atomic mass is 32.2. The molecule has 0 radical (unpaired) electrons. The van der Waals surface area contributed by atoms with Gasteiger partial charge in [-0.2, -0.15) is 11.8 Å². The summed E-state index contributed by atoms with van der Waals surface area (Å²) in [5, 5.41) is 2.66. The third-order valence-corrected chi connectivity index (χ3v) is 4.64. The molecule has 0 aliphatic heterocycles. The van der Waals surface area contributed by atoms with Gasteiger partial charge in [0.2, 0.25) is 0 Å². The fourth-order valence-electron chi connectivity index (χ4n) is 2.11. The van der Waals surface area contributed by atoms with Gasteiger partial charge in [0.25, 0.3) is 0 Å². The van der Waals surface area contributed by atoms with Crippen molar-refractivity contribution in [3.63, 3.8) is 0 Å². The zero-order chi connectivity index (χ0) is 19.3. The predicted octanol–water partition coefficient (Wildman–Crippen LogP) is 2.72. The summed E-state index contributed by atoms with van der Waals surface area (Å²) in [6, 6.07) is 18.2. The molecule has 0 aliphatic carbocycles. The van der Waals surface area contributed by atoms with E-state index in [-0.39, 0.29) is 13.2 Å². The third-order valence-electron chi connectivity index (χ3n) is 3.55. The summed E-state index contributed by atoms with van der Waals surface area (Å²) in [7, 11) is 0. The van der Waals surface area contributed by atoms with Gasteiger partial charge in [-0.15, -0.1) is 0 Å². The van der Waals surface area contributed by atoms with Crippen molar-refractivity contribution in [1.82, 2.24) is 5.32 Å². The molecule has 0 aromatic heterocycles. The first kappa shape index (κ1) is 20.8. The predicted molar refractivity (Wildman–Crippen MR) is 106 cm³/mol. The van der Waals surface area contributed by atoms with Crippen LogP contribution in [0.15, 0.2) is 60.7 Å². The van der Waals surface area contributed by atoms with Crippen LogP contribution in [0, 0.1) is 0 Å². The molecule has 0 fully saturated rings. The van der Waals surface area contributed by atoms with Crippen LogP contribution in [0.25, 0.3) is 0 Å². The second kappa shape index (κ2) is 12.0. The summed E-state index contributed by atoms with van der Waals surface area (Å²) in [5.74, 6) is 0.621. The molecule has 7 heteroatoms. The zero-order valence-corrected chi connectivity index (χ0v) is 15.8. The van der Waals surface area contributed by atoms with E-state index in [4.69, 9.17) is 15.2 Å². The molecule has 2 aromatic rings. The van der Waals surface area contributed by atoms with Crippen molar-refractivity contribution in [3.8, 4) is 0 Å². The van der Waals surface area contributed by atoms with Gasteiger partial charge in [-0.25, -0.2) is 4.79 Å². The van der Waals surface area contributed by atoms with E-state index in [1.165, 1.54) is 11.8 Å². The van der Waals surface area contributed by atoms with E-state index in [2.05, 4.69) is 5.32 Å². The highest BCUT2D eigenvalue weighted by Crippen LogP contribution is 2.05. The number of benzene rings is 2. The van der Waals surface area contributed by atoms with Crippen molar-refractivity contribution in [3.05, 3.63) is 71.8 Å². The van der Waals surface area contributed by atoms with E-state index in [9.17, 15) is 9.59 Å². The maximum atomic E-state index is 11.9. The summed E-state index contributed by atoms with van der Waals surface area (Å²) < 4.78 is 10.3. The fourth-order valence-corrected chi connectivity index (χ4v) is 2.92. The first-order valence-corrected chi connectivity index (χ1v) is 9.79. The summed E-state index contributed by atoms with van der Waals surface area (Å²) >= 11 is 1.47. The van der Waals surface area contributed by atoms with Gasteiger partial charge in [-0.1, -0.05) is 60.7 Å². The minimum absolute atomic E-state index is 0.215. The van der Waals surface area contributed by atoms with Crippen molar-refractivity contribution < 1.29 is 19.1 Å². The Hall–Kier alpha value is -2.51. The van der Waals surface area contributed by atoms with Crippen LogP contribution in [-0.2, 0) is 27.5 Å². The molecule has 2 rings (SSSR count). The molecule has 0 saturated carbocycles. The van der Waals surface area contributed by atoms with Gasteiger partial charge in [0.05, 0.1) is 0 Å². The molecular weight excluding hydrogens is 364 g/mol. The Morgan fingerprint density at radius 3 is 2.07 bits per heavy atom. The average Bonchev–Trinajstić information content (AvgIpc) is 2.71. The minimum atomic E-state index is -0.691. The molecule has 0 saturated heterocycles. The van der Waals surface area contributed by atoms with Crippen molar-refractivity contribution in [2.24, 2.45) is 5.73 Å². The smallest absolute Gasteiger partial charge is 0.407 e. The Bertz CT molecular complexity index is 698. The van der Waals surface area contributed by atoms with Crippen LogP contribution in [-0.4, -0.2) is 36.2 Å². The number of carbonyl (C=O) groups excluding carboxylic acids is 2. The molecular formula is C20H24N2O4S. The van der Waals surface area contributed by atoms with E-state index in [0.29, 0.717) is 18.1 Å². The molecule has 1 atom stereocenters. The van der Waals surface area contributed by atoms with E-state index in [1.54, 1.807) is 0 Å². The minimum Gasteiger partial charge on any atom is -0.460 e. The summed E-state index contributed by atoms with van der Waals surface area (Å²) in [6.45, 7) is 0.884. The van der Waals surface area contributed by atoms with Crippen LogP contribution in [0.3, 0.4) is 0 Å². The number of amides is 1. The van der Waals surface area contributed by atoms with Gasteiger partial charge in [-0.05, 0) is 11.1 Å². The van der Waals surface area contributed by atoms with Gasteiger partial charge in [0.1, 0.15) is 19.3 Å². The Balaban J connectivity index is 1.51. The first-order valence-electron chi connectivity index (χ1n) is 8.63. The highest BCUT2D eigenvalue weighted by molar-refractivity contribution is 7.99. The van der Waals surface area contributed by atoms with Crippen molar-refractivity contribution in [2.45, 2.75) is 19.3 Å². The lowest BCUT2D eigenvalue weighted by atomic mass is 10.2. The number of nitrogens with two attached hydrogens (primary N) is 1. The molecule has 144 valence electrons. The largest absolute Gasteiger partial charge is 0.460 e. The van der Waals surface area contributed by atoms with Gasteiger partial charge in [0.15, 0.2) is 0 Å². The lowest BCUT2D eigenvalue weighted by Gasteiger charge is -2.11. The van der Waals surface area contributed by atoms with Gasteiger partial charge >= 0.3 is 12.1 Å². The number of ether oxygens (including phenoxy) is 2. The average molecular weight is 388 g/mol. The number of alkyl carbamates (subject to hydrolysis) is 1. The normalized spacial score (nSPS) is 11.4. The zero-order valence-electron chi connectivity index (χ0n) is 15.0. The molecule has 0 aliphatic rings. The van der Waals surface area contributed by atoms with Crippen LogP contribution in [0.2, 0.25) is 0 Å². The monoisotopic (exact) mass is 388 g/mol. The fraction of sp³-hybridized carbons (Fsp3) is 0.300. The Morgan fingerprint density at radius 1 is 0.926 bits per heavy atom. The maximum Gasteiger partial charge on any atom is 0.407 e. The standard InChI is InChI=1S/C20H24N2O4S/c21-18(19(23)25-13-16-7-3-1-4-8-16)15-27-12-11-22-20(24)26-14-17-9-5-2-6-10-17/h1-10,18H,11-15,21H2,(H,22,24)/t18-/m0/s1. The van der Waals surface area contributed by atoms with Crippen LogP contribution < -0.4 is 11.1 Å². The SMILES string of the molecule is N[C@@H](CSCCNC(=O)OCc1ccccc1)C(=O)OCc1ccccc1. The third kappa shape index (κ3) is 8.61. The van der Waals surface area contributed by atoms with E-state index >= 15 is 0 Å². The number of thioether (sulfide) groups is 1. The lowest BCUT2D eigenvalue weighted by molar-refractivity contribution is -0.145. The van der Waals surface area contributed by atoms with E-state index in [0.717, 1.165) is 11.1 Å². The molecule has 0 bridgehead atoms. The molecule has 27 heavy (non-hydrogen) atoms. The van der Waals surface area contributed by atoms with Crippen LogP contribution in [0.5, 0.6) is 0 Å². The van der Waals surface area contributed by atoms with Gasteiger partial charge in [0, 0.05) is 18.1 Å². The van der Waals surface area contributed by atoms with E-state index in [1.807, 2.05) is 60.7 Å². The van der Waals surface area contributed by atoms with Crippen molar-refractivity contribution in [2.75, 3.05) is 18.1 Å². The lowest BCUT2D eigenvalue weighted by Crippen LogP contribution is -2.35. The maximum absolute atomic E-state index is 11.9. The highest BCUT2D eigenvalue weighted by Gasteiger charge is 2.15. The Labute approximate surface area is 163 Å². The Kier molecular flexibility index (Phi) is 9.23. The van der Waals surface area contributed by atoms with Gasteiger partial charge < -0.3 is 20.5 Å². The molecule has 0 spiro atoms. The molecule has 0 heterocycles. The number of hydrogen-bond acceptors (Lipinski definition) is 6. The number of esters is 1. The molecule has 2 aromatic carbocycles. The van der Waals surface area contributed by atoms with Crippen LogP contribution in [0.1, 0.15) is 11.1 Å². The number of carbonyl (C=O) groups is 2. The number of nitrogens with one attached hydrogen (secondary N) is 1. The summed E-state index contributed by atoms with van der Waals surface area (Å²) in [5.41, 5.74) is 7.68. The van der Waals surface area contributed by atoms with Crippen LogP contribution >= 0.6 is 11.8 Å². The van der Waals surface area contributed by atoms with Crippen molar-refractivity contribution >= 4 is 23.8 Å². The van der Waals surface area contributed by atoms with Gasteiger partial charge in [-0.3, -0.25) is 4.79 Å². The summed E-state index contributed by atoms with van der Waals surface area (Å²) in [4.78, 5) is 23.5. The number of rotatable bonds is 10. The topological polar surface area (TPSA) is 90.6 Å². The molecule has 6 nitrogen and oxygen atoms in total. The Morgan fingerprint density at radius 2 is 1.48 bits per heavy atom. The summed E-state index contributed by atoms with van der Waals surface area (Å²) in [6.07, 6.45) is -0.467. The quantitative estimate of drug-likeness (QED) is 0.480. The first-order chi connectivity index (χ1) is 13.1. The van der Waals surface area contributed by atoms with Crippen molar-refractivity contribution in [1.29, 1.82) is 0 Å². The van der Waals surface area contributed by atoms with E-state index < -0.39 is 18.1 Å². The second-order valence-corrected chi connectivity index (χ2v) is 6.91. The van der Waals surface area contributed by atoms with Crippen LogP contribution in [0.4, 0.5) is 4.79 Å². The number of hydrogen-bond donors (Lipinski definition) is 2. The molecule has 3 N–H and O–H groups in total. The molecule has 1 amide bonds.